The van der Waals surface area contributed by atoms with Crippen molar-refractivity contribution in [2.24, 2.45) is 11.8 Å². The quantitative estimate of drug-likeness (QED) is 0.673. The van der Waals surface area contributed by atoms with E-state index in [4.69, 9.17) is 14.2 Å². The van der Waals surface area contributed by atoms with E-state index in [0.717, 1.165) is 12.8 Å². The van der Waals surface area contributed by atoms with E-state index in [9.17, 15) is 14.4 Å². The number of likely N-dealkylation sites (tertiary alicyclic amines) is 1. The van der Waals surface area contributed by atoms with E-state index in [2.05, 4.69) is 0 Å². The van der Waals surface area contributed by atoms with Gasteiger partial charge in [-0.05, 0) is 31.9 Å². The molecular weight excluding hydrogens is 376 g/mol. The van der Waals surface area contributed by atoms with Crippen LogP contribution in [-0.2, 0) is 19.1 Å². The number of methoxy groups -OCH3 is 2. The summed E-state index contributed by atoms with van der Waals surface area (Å²) in [6, 6.07) is 5.24. The lowest BCUT2D eigenvalue weighted by Crippen LogP contribution is -2.45. The molecule has 8 heteroatoms. The standard InChI is InChI=1S/C21H28N2O6/c1-4-29-21(26)14-6-5-9-22(12-14)20(25)15-10-19(24)23(13-15)17-8-7-16(27-2)11-18(17)28-3/h7-8,11,14-15H,4-6,9-10,12-13H2,1-3H3/t14-,15+/m0/s1. The molecule has 0 aromatic heterocycles. The Morgan fingerprint density at radius 3 is 2.62 bits per heavy atom. The molecule has 2 saturated heterocycles. The molecule has 0 bridgehead atoms. The van der Waals surface area contributed by atoms with Crippen LogP contribution in [0.3, 0.4) is 0 Å². The molecule has 2 heterocycles. The number of amides is 2. The summed E-state index contributed by atoms with van der Waals surface area (Å²) in [5, 5.41) is 0. The van der Waals surface area contributed by atoms with Gasteiger partial charge in [0.1, 0.15) is 11.5 Å². The van der Waals surface area contributed by atoms with Gasteiger partial charge < -0.3 is 24.0 Å². The van der Waals surface area contributed by atoms with Crippen LogP contribution < -0.4 is 14.4 Å². The minimum absolute atomic E-state index is 0.0812. The Labute approximate surface area is 170 Å². The molecule has 2 fully saturated rings. The highest BCUT2D eigenvalue weighted by Crippen LogP contribution is 2.36. The molecule has 3 rings (SSSR count). The Hall–Kier alpha value is -2.77. The number of hydrogen-bond donors (Lipinski definition) is 0. The first kappa shape index (κ1) is 21.0. The molecule has 2 aliphatic heterocycles. The van der Waals surface area contributed by atoms with Gasteiger partial charge in [-0.3, -0.25) is 14.4 Å². The fraction of sp³-hybridized carbons (Fsp3) is 0.571. The van der Waals surface area contributed by atoms with E-state index in [1.807, 2.05) is 0 Å². The molecule has 1 aromatic carbocycles. The summed E-state index contributed by atoms with van der Waals surface area (Å²) >= 11 is 0. The zero-order chi connectivity index (χ0) is 21.0. The summed E-state index contributed by atoms with van der Waals surface area (Å²) in [5.41, 5.74) is 0.622. The van der Waals surface area contributed by atoms with Crippen LogP contribution in [0, 0.1) is 11.8 Å². The fourth-order valence-corrected chi connectivity index (χ4v) is 4.00. The molecule has 0 N–H and O–H groups in total. The number of carbonyl (C=O) groups excluding carboxylic acids is 3. The van der Waals surface area contributed by atoms with Gasteiger partial charge in [0.25, 0.3) is 0 Å². The molecule has 0 saturated carbocycles. The zero-order valence-corrected chi connectivity index (χ0v) is 17.2. The lowest BCUT2D eigenvalue weighted by atomic mass is 9.96. The van der Waals surface area contributed by atoms with Gasteiger partial charge in [0.15, 0.2) is 0 Å². The number of piperidine rings is 1. The molecule has 2 atom stereocenters. The van der Waals surface area contributed by atoms with Gasteiger partial charge in [-0.25, -0.2) is 0 Å². The van der Waals surface area contributed by atoms with E-state index >= 15 is 0 Å². The third-order valence-electron chi connectivity index (χ3n) is 5.50. The number of hydrogen-bond acceptors (Lipinski definition) is 6. The minimum atomic E-state index is -0.435. The molecule has 158 valence electrons. The van der Waals surface area contributed by atoms with Gasteiger partial charge in [-0.15, -0.1) is 0 Å². The van der Waals surface area contributed by atoms with Crippen LogP contribution in [0.2, 0.25) is 0 Å². The Kier molecular flexibility index (Phi) is 6.61. The Morgan fingerprint density at radius 2 is 1.93 bits per heavy atom. The second kappa shape index (κ2) is 9.15. The number of esters is 1. The summed E-state index contributed by atoms with van der Waals surface area (Å²) in [7, 11) is 3.09. The third kappa shape index (κ3) is 4.46. The highest BCUT2D eigenvalue weighted by Gasteiger charge is 2.40. The van der Waals surface area contributed by atoms with Crippen LogP contribution in [0.5, 0.6) is 11.5 Å². The zero-order valence-electron chi connectivity index (χ0n) is 17.2. The molecule has 0 aliphatic carbocycles. The van der Waals surface area contributed by atoms with Crippen molar-refractivity contribution in [2.45, 2.75) is 26.2 Å². The van der Waals surface area contributed by atoms with E-state index in [1.54, 1.807) is 42.0 Å². The molecular formula is C21H28N2O6. The third-order valence-corrected chi connectivity index (χ3v) is 5.50. The fourth-order valence-electron chi connectivity index (χ4n) is 4.00. The lowest BCUT2D eigenvalue weighted by Gasteiger charge is -2.33. The first-order valence-corrected chi connectivity index (χ1v) is 9.96. The summed E-state index contributed by atoms with van der Waals surface area (Å²) in [4.78, 5) is 41.0. The summed E-state index contributed by atoms with van der Waals surface area (Å²) in [6.07, 6.45) is 1.63. The first-order valence-electron chi connectivity index (χ1n) is 9.96. The number of nitrogens with zero attached hydrogens (tertiary/aromatic N) is 2. The average molecular weight is 404 g/mol. The molecule has 2 aliphatic rings. The first-order chi connectivity index (χ1) is 14.0. The van der Waals surface area contributed by atoms with E-state index in [0.29, 0.717) is 43.4 Å². The maximum Gasteiger partial charge on any atom is 0.310 e. The van der Waals surface area contributed by atoms with Crippen LogP contribution >= 0.6 is 0 Å². The van der Waals surface area contributed by atoms with Crippen molar-refractivity contribution in [3.63, 3.8) is 0 Å². The summed E-state index contributed by atoms with van der Waals surface area (Å²) < 4.78 is 15.7. The molecule has 0 radical (unpaired) electrons. The maximum atomic E-state index is 13.0. The number of benzene rings is 1. The predicted molar refractivity (Wildman–Crippen MR) is 106 cm³/mol. The summed E-state index contributed by atoms with van der Waals surface area (Å²) in [6.45, 7) is 3.36. The highest BCUT2D eigenvalue weighted by atomic mass is 16.5. The predicted octanol–water partition coefficient (Wildman–Crippen LogP) is 1.86. The van der Waals surface area contributed by atoms with Crippen LogP contribution in [-0.4, -0.2) is 63.1 Å². The van der Waals surface area contributed by atoms with Crippen molar-refractivity contribution in [1.29, 1.82) is 0 Å². The van der Waals surface area contributed by atoms with Gasteiger partial charge in [0.2, 0.25) is 11.8 Å². The molecule has 2 amide bonds. The van der Waals surface area contributed by atoms with Crippen molar-refractivity contribution in [1.82, 2.24) is 4.90 Å². The van der Waals surface area contributed by atoms with Gasteiger partial charge in [0, 0.05) is 32.1 Å². The topological polar surface area (TPSA) is 85.4 Å². The van der Waals surface area contributed by atoms with Gasteiger partial charge in [-0.1, -0.05) is 0 Å². The van der Waals surface area contributed by atoms with Gasteiger partial charge >= 0.3 is 5.97 Å². The monoisotopic (exact) mass is 404 g/mol. The van der Waals surface area contributed by atoms with Gasteiger partial charge in [0.05, 0.1) is 38.3 Å². The minimum Gasteiger partial charge on any atom is -0.497 e. The second-order valence-corrected chi connectivity index (χ2v) is 7.32. The van der Waals surface area contributed by atoms with Crippen molar-refractivity contribution in [2.75, 3.05) is 45.4 Å². The summed E-state index contributed by atoms with van der Waals surface area (Å²) in [5.74, 6) is -0.0303. The van der Waals surface area contributed by atoms with Gasteiger partial charge in [-0.2, -0.15) is 0 Å². The van der Waals surface area contributed by atoms with E-state index < -0.39 is 5.92 Å². The SMILES string of the molecule is CCOC(=O)[C@H]1CCCN(C(=O)[C@@H]2CC(=O)N(c3ccc(OC)cc3OC)C2)C1. The van der Waals surface area contributed by atoms with Crippen LogP contribution in [0.25, 0.3) is 0 Å². The second-order valence-electron chi connectivity index (χ2n) is 7.32. The number of ether oxygens (including phenoxy) is 3. The molecule has 0 unspecified atom stereocenters. The lowest BCUT2D eigenvalue weighted by molar-refractivity contribution is -0.152. The van der Waals surface area contributed by atoms with Crippen molar-refractivity contribution in [3.8, 4) is 11.5 Å². The molecule has 29 heavy (non-hydrogen) atoms. The van der Waals surface area contributed by atoms with Crippen molar-refractivity contribution in [3.05, 3.63) is 18.2 Å². The maximum absolute atomic E-state index is 13.0. The van der Waals surface area contributed by atoms with Crippen molar-refractivity contribution < 1.29 is 28.6 Å². The van der Waals surface area contributed by atoms with E-state index in [-0.39, 0.29) is 30.1 Å². The normalized spacial score (nSPS) is 21.8. The molecule has 8 nitrogen and oxygen atoms in total. The van der Waals surface area contributed by atoms with E-state index in [1.165, 1.54) is 7.11 Å². The smallest absolute Gasteiger partial charge is 0.310 e. The van der Waals surface area contributed by atoms with Crippen LogP contribution in [0.15, 0.2) is 18.2 Å². The molecule has 1 aromatic rings. The van der Waals surface area contributed by atoms with Crippen LogP contribution in [0.4, 0.5) is 5.69 Å². The highest BCUT2D eigenvalue weighted by molar-refractivity contribution is 6.01. The Morgan fingerprint density at radius 1 is 1.14 bits per heavy atom. The largest absolute Gasteiger partial charge is 0.497 e. The van der Waals surface area contributed by atoms with Crippen LogP contribution in [0.1, 0.15) is 26.2 Å². The number of anilines is 1. The number of rotatable bonds is 6. The number of carbonyl (C=O) groups is 3. The Bertz CT molecular complexity index is 780. The molecule has 0 spiro atoms. The Balaban J connectivity index is 1.70. The van der Waals surface area contributed by atoms with Crippen molar-refractivity contribution >= 4 is 23.5 Å². The average Bonchev–Trinajstić information content (AvgIpc) is 3.14.